The molecule has 2 aromatic rings. The van der Waals surface area contributed by atoms with Gasteiger partial charge < -0.3 is 0 Å². The quantitative estimate of drug-likeness (QED) is 0.826. The van der Waals surface area contributed by atoms with Crippen molar-refractivity contribution >= 4 is 10.0 Å². The highest BCUT2D eigenvalue weighted by molar-refractivity contribution is 7.89. The van der Waals surface area contributed by atoms with Crippen LogP contribution >= 0.6 is 0 Å². The normalized spacial score (nSPS) is 18.9. The molecule has 0 N–H and O–H groups in total. The van der Waals surface area contributed by atoms with E-state index < -0.39 is 10.0 Å². The Morgan fingerprint density at radius 1 is 0.917 bits per heavy atom. The highest BCUT2D eigenvalue weighted by atomic mass is 32.2. The van der Waals surface area contributed by atoms with E-state index in [1.807, 2.05) is 45.0 Å². The molecule has 1 saturated heterocycles. The molecule has 24 heavy (non-hydrogen) atoms. The predicted molar refractivity (Wildman–Crippen MR) is 97.7 cm³/mol. The van der Waals surface area contributed by atoms with Gasteiger partial charge in [0.2, 0.25) is 10.0 Å². The van der Waals surface area contributed by atoms with Crippen LogP contribution < -0.4 is 0 Å². The Morgan fingerprint density at radius 3 is 2.29 bits per heavy atom. The SMILES string of the molecule is Cc1cc(C)c(S(=O)(=O)N2CCC[C@@H]2c2ccccc2C)cc1C. The van der Waals surface area contributed by atoms with E-state index in [4.69, 9.17) is 0 Å². The molecule has 4 heteroatoms. The van der Waals surface area contributed by atoms with Gasteiger partial charge in [0.25, 0.3) is 0 Å². The highest BCUT2D eigenvalue weighted by Crippen LogP contribution is 2.38. The Bertz CT molecular complexity index is 871. The fraction of sp³-hybridized carbons (Fsp3) is 0.400. The first-order chi connectivity index (χ1) is 11.3. The van der Waals surface area contributed by atoms with E-state index in [9.17, 15) is 8.42 Å². The van der Waals surface area contributed by atoms with Gasteiger partial charge in [0.05, 0.1) is 10.9 Å². The van der Waals surface area contributed by atoms with Gasteiger partial charge in [0.1, 0.15) is 0 Å². The Hall–Kier alpha value is -1.65. The summed E-state index contributed by atoms with van der Waals surface area (Å²) >= 11 is 0. The Balaban J connectivity index is 2.06. The Morgan fingerprint density at radius 2 is 1.58 bits per heavy atom. The Kier molecular flexibility index (Phi) is 4.54. The number of benzene rings is 2. The van der Waals surface area contributed by atoms with Crippen molar-refractivity contribution in [1.29, 1.82) is 0 Å². The van der Waals surface area contributed by atoms with Gasteiger partial charge in [-0.05, 0) is 74.4 Å². The summed E-state index contributed by atoms with van der Waals surface area (Å²) in [5.41, 5.74) is 5.25. The third-order valence-electron chi connectivity index (χ3n) is 5.13. The molecule has 2 aromatic carbocycles. The number of nitrogens with zero attached hydrogens (tertiary/aromatic N) is 1. The van der Waals surface area contributed by atoms with Gasteiger partial charge in [0.15, 0.2) is 0 Å². The molecule has 1 aliphatic heterocycles. The maximum atomic E-state index is 13.3. The van der Waals surface area contributed by atoms with Crippen molar-refractivity contribution in [2.75, 3.05) is 6.54 Å². The lowest BCUT2D eigenvalue weighted by Gasteiger charge is -2.26. The molecule has 0 saturated carbocycles. The van der Waals surface area contributed by atoms with Crippen LogP contribution in [-0.4, -0.2) is 19.3 Å². The molecule has 128 valence electrons. The highest BCUT2D eigenvalue weighted by Gasteiger charge is 2.37. The third-order valence-corrected chi connectivity index (χ3v) is 7.18. The third kappa shape index (κ3) is 2.89. The number of hydrogen-bond acceptors (Lipinski definition) is 2. The zero-order valence-corrected chi connectivity index (χ0v) is 15.7. The zero-order valence-electron chi connectivity index (χ0n) is 14.8. The molecule has 0 bridgehead atoms. The number of hydrogen-bond donors (Lipinski definition) is 0. The lowest BCUT2D eigenvalue weighted by molar-refractivity contribution is 0.395. The summed E-state index contributed by atoms with van der Waals surface area (Å²) in [5.74, 6) is 0. The fourth-order valence-electron chi connectivity index (χ4n) is 3.64. The molecule has 1 heterocycles. The summed E-state index contributed by atoms with van der Waals surface area (Å²) in [7, 11) is -3.49. The molecule has 0 aromatic heterocycles. The summed E-state index contributed by atoms with van der Waals surface area (Å²) in [5, 5.41) is 0. The molecule has 0 spiro atoms. The van der Waals surface area contributed by atoms with Crippen molar-refractivity contribution in [2.45, 2.75) is 51.5 Å². The van der Waals surface area contributed by atoms with E-state index >= 15 is 0 Å². The van der Waals surface area contributed by atoms with Crippen molar-refractivity contribution in [3.8, 4) is 0 Å². The van der Waals surface area contributed by atoms with Crippen LogP contribution in [0.3, 0.4) is 0 Å². The summed E-state index contributed by atoms with van der Waals surface area (Å²) in [6.07, 6.45) is 1.79. The molecule has 1 fully saturated rings. The molecule has 1 aliphatic rings. The van der Waals surface area contributed by atoms with E-state index in [0.29, 0.717) is 11.4 Å². The van der Waals surface area contributed by atoms with Crippen LogP contribution in [0.15, 0.2) is 41.3 Å². The smallest absolute Gasteiger partial charge is 0.207 e. The molecule has 1 atom stereocenters. The van der Waals surface area contributed by atoms with Gasteiger partial charge >= 0.3 is 0 Å². The molecular formula is C20H25NO2S. The lowest BCUT2D eigenvalue weighted by atomic mass is 10.0. The second-order valence-electron chi connectivity index (χ2n) is 6.83. The van der Waals surface area contributed by atoms with Crippen molar-refractivity contribution in [3.05, 3.63) is 64.2 Å². The molecule has 0 amide bonds. The van der Waals surface area contributed by atoms with Crippen molar-refractivity contribution < 1.29 is 8.42 Å². The minimum Gasteiger partial charge on any atom is -0.207 e. The molecule has 3 nitrogen and oxygen atoms in total. The minimum atomic E-state index is -3.49. The molecule has 0 radical (unpaired) electrons. The molecular weight excluding hydrogens is 318 g/mol. The first kappa shape index (κ1) is 17.2. The molecule has 0 aliphatic carbocycles. The zero-order chi connectivity index (χ0) is 17.5. The average molecular weight is 343 g/mol. The Labute approximate surface area is 145 Å². The van der Waals surface area contributed by atoms with Crippen LogP contribution in [0.1, 0.15) is 46.7 Å². The van der Waals surface area contributed by atoms with Crippen molar-refractivity contribution in [3.63, 3.8) is 0 Å². The van der Waals surface area contributed by atoms with Gasteiger partial charge in [-0.1, -0.05) is 30.3 Å². The first-order valence-electron chi connectivity index (χ1n) is 8.47. The maximum absolute atomic E-state index is 13.3. The van der Waals surface area contributed by atoms with Crippen molar-refractivity contribution in [1.82, 2.24) is 4.31 Å². The summed E-state index contributed by atoms with van der Waals surface area (Å²) in [6.45, 7) is 8.52. The van der Waals surface area contributed by atoms with E-state index in [0.717, 1.165) is 40.7 Å². The van der Waals surface area contributed by atoms with Gasteiger partial charge in [-0.15, -0.1) is 0 Å². The van der Waals surface area contributed by atoms with Crippen molar-refractivity contribution in [2.24, 2.45) is 0 Å². The van der Waals surface area contributed by atoms with Crippen LogP contribution in [0.4, 0.5) is 0 Å². The van der Waals surface area contributed by atoms with E-state index in [1.54, 1.807) is 4.31 Å². The van der Waals surface area contributed by atoms with Gasteiger partial charge in [0, 0.05) is 6.54 Å². The molecule has 0 unspecified atom stereocenters. The lowest BCUT2D eigenvalue weighted by Crippen LogP contribution is -2.31. The average Bonchev–Trinajstić information content (AvgIpc) is 3.01. The monoisotopic (exact) mass is 343 g/mol. The van der Waals surface area contributed by atoms with Crippen LogP contribution in [-0.2, 0) is 10.0 Å². The molecule has 3 rings (SSSR count). The number of rotatable bonds is 3. The van der Waals surface area contributed by atoms with E-state index in [2.05, 4.69) is 19.1 Å². The first-order valence-corrected chi connectivity index (χ1v) is 9.91. The fourth-order valence-corrected chi connectivity index (χ4v) is 5.61. The maximum Gasteiger partial charge on any atom is 0.243 e. The van der Waals surface area contributed by atoms with Crippen LogP contribution in [0, 0.1) is 27.7 Å². The summed E-state index contributed by atoms with van der Waals surface area (Å²) in [6, 6.07) is 11.8. The van der Waals surface area contributed by atoms with Crippen LogP contribution in [0.5, 0.6) is 0 Å². The van der Waals surface area contributed by atoms with Gasteiger partial charge in [-0.3, -0.25) is 0 Å². The number of sulfonamides is 1. The second-order valence-corrected chi connectivity index (χ2v) is 8.69. The summed E-state index contributed by atoms with van der Waals surface area (Å²) in [4.78, 5) is 0.450. The van der Waals surface area contributed by atoms with E-state index in [-0.39, 0.29) is 6.04 Å². The van der Waals surface area contributed by atoms with Crippen LogP contribution in [0.25, 0.3) is 0 Å². The van der Waals surface area contributed by atoms with Crippen LogP contribution in [0.2, 0.25) is 0 Å². The standard InChI is InChI=1S/C20H25NO2S/c1-14-8-5-6-9-18(14)19-10-7-11-21(19)24(22,23)20-13-16(3)15(2)12-17(20)4/h5-6,8-9,12-13,19H,7,10-11H2,1-4H3/t19-/m1/s1. The second kappa shape index (κ2) is 6.34. The topological polar surface area (TPSA) is 37.4 Å². The number of aryl methyl sites for hydroxylation is 4. The summed E-state index contributed by atoms with van der Waals surface area (Å²) < 4.78 is 28.4. The van der Waals surface area contributed by atoms with Gasteiger partial charge in [-0.25, -0.2) is 8.42 Å². The minimum absolute atomic E-state index is 0.0581. The largest absolute Gasteiger partial charge is 0.243 e. The van der Waals surface area contributed by atoms with E-state index in [1.165, 1.54) is 0 Å². The van der Waals surface area contributed by atoms with Gasteiger partial charge in [-0.2, -0.15) is 4.31 Å². The predicted octanol–water partition coefficient (Wildman–Crippen LogP) is 4.45.